The monoisotopic (exact) mass is 261 g/mol. The van der Waals surface area contributed by atoms with Gasteiger partial charge in [0, 0.05) is 0 Å². The summed E-state index contributed by atoms with van der Waals surface area (Å²) in [6.07, 6.45) is 0. The zero-order valence-electron chi connectivity index (χ0n) is 6.43. The number of hydrogen-bond acceptors (Lipinski definition) is 1. The van der Waals surface area contributed by atoms with Crippen LogP contribution in [0.3, 0.4) is 0 Å². The molecule has 0 fully saturated rings. The maximum absolute atomic E-state index is 5.40. The molecule has 0 amide bonds. The van der Waals surface area contributed by atoms with E-state index >= 15 is 0 Å². The average Bonchev–Trinajstić information content (AvgIpc) is 1.97. The number of benzene rings is 1. The van der Waals surface area contributed by atoms with Crippen LogP contribution in [0.25, 0.3) is 0 Å². The van der Waals surface area contributed by atoms with Gasteiger partial charge in [0.15, 0.2) is 0 Å². The molecule has 0 heterocycles. The lowest BCUT2D eigenvalue weighted by Crippen LogP contribution is -1.95. The van der Waals surface area contributed by atoms with E-state index in [1.807, 2.05) is 25.1 Å². The van der Waals surface area contributed by atoms with E-state index in [9.17, 15) is 0 Å². The molecule has 59 valence electrons. The molecule has 0 aliphatic carbocycles. The van der Waals surface area contributed by atoms with Crippen LogP contribution >= 0.6 is 22.6 Å². The molecular formula is C9H10IO. The summed E-state index contributed by atoms with van der Waals surface area (Å²) >= 11 is 2.24. The molecule has 0 spiro atoms. The van der Waals surface area contributed by atoms with Crippen molar-refractivity contribution in [2.45, 2.75) is 6.92 Å². The van der Waals surface area contributed by atoms with Crippen molar-refractivity contribution >= 4 is 22.6 Å². The van der Waals surface area contributed by atoms with Gasteiger partial charge in [0.1, 0.15) is 5.75 Å². The molecule has 0 aliphatic rings. The van der Waals surface area contributed by atoms with Crippen molar-refractivity contribution in [1.82, 2.24) is 0 Å². The lowest BCUT2D eigenvalue weighted by Gasteiger charge is -2.07. The van der Waals surface area contributed by atoms with Gasteiger partial charge < -0.3 is 4.74 Å². The Morgan fingerprint density at radius 1 is 1.55 bits per heavy atom. The van der Waals surface area contributed by atoms with Crippen molar-refractivity contribution < 1.29 is 4.74 Å². The van der Waals surface area contributed by atoms with Gasteiger partial charge in [-0.05, 0) is 48.1 Å². The fourth-order valence-corrected chi connectivity index (χ4v) is 1.57. The number of para-hydroxylation sites is 1. The van der Waals surface area contributed by atoms with Crippen molar-refractivity contribution in [3.8, 4) is 5.75 Å². The molecule has 0 atom stereocenters. The highest BCUT2D eigenvalue weighted by Crippen LogP contribution is 2.24. The van der Waals surface area contributed by atoms with Crippen molar-refractivity contribution in [2.75, 3.05) is 6.61 Å². The van der Waals surface area contributed by atoms with Gasteiger partial charge in [-0.25, -0.2) is 0 Å². The Balaban J connectivity index is 3.00. The fourth-order valence-electron chi connectivity index (χ4n) is 0.859. The quantitative estimate of drug-likeness (QED) is 0.744. The maximum atomic E-state index is 5.40. The molecule has 1 rings (SSSR count). The van der Waals surface area contributed by atoms with Gasteiger partial charge in [-0.3, -0.25) is 0 Å². The predicted molar refractivity (Wildman–Crippen MR) is 54.8 cm³/mol. The highest BCUT2D eigenvalue weighted by molar-refractivity contribution is 14.1. The highest BCUT2D eigenvalue weighted by atomic mass is 127. The molecule has 0 aromatic heterocycles. The number of halogens is 1. The van der Waals surface area contributed by atoms with Crippen LogP contribution in [0.15, 0.2) is 18.2 Å². The minimum atomic E-state index is 0.697. The van der Waals surface area contributed by atoms with Crippen molar-refractivity contribution in [2.24, 2.45) is 0 Å². The second kappa shape index (κ2) is 3.95. The third kappa shape index (κ3) is 2.09. The number of rotatable bonds is 2. The van der Waals surface area contributed by atoms with Crippen LogP contribution in [-0.4, -0.2) is 6.61 Å². The second-order valence-corrected chi connectivity index (χ2v) is 3.32. The van der Waals surface area contributed by atoms with Gasteiger partial charge in [0.05, 0.1) is 10.2 Å². The van der Waals surface area contributed by atoms with E-state index in [4.69, 9.17) is 4.74 Å². The van der Waals surface area contributed by atoms with E-state index in [-0.39, 0.29) is 0 Å². The summed E-state index contributed by atoms with van der Waals surface area (Å²) in [5, 5.41) is 0. The molecule has 1 nitrogen and oxygen atoms in total. The minimum absolute atomic E-state index is 0.697. The predicted octanol–water partition coefficient (Wildman–Crippen LogP) is 2.87. The lowest BCUT2D eigenvalue weighted by atomic mass is 10.2. The summed E-state index contributed by atoms with van der Waals surface area (Å²) in [5.74, 6) is 0.913. The lowest BCUT2D eigenvalue weighted by molar-refractivity contribution is 0.336. The van der Waals surface area contributed by atoms with Gasteiger partial charge in [0.2, 0.25) is 0 Å². The molecule has 2 heteroatoms. The van der Waals surface area contributed by atoms with Crippen molar-refractivity contribution in [3.63, 3.8) is 0 Å². The van der Waals surface area contributed by atoms with Crippen LogP contribution in [0.5, 0.6) is 5.75 Å². The van der Waals surface area contributed by atoms with Gasteiger partial charge >= 0.3 is 0 Å². The summed E-state index contributed by atoms with van der Waals surface area (Å²) in [5.41, 5.74) is 0.957. The van der Waals surface area contributed by atoms with Gasteiger partial charge in [-0.2, -0.15) is 0 Å². The molecule has 1 aromatic carbocycles. The molecule has 0 saturated carbocycles. The zero-order chi connectivity index (χ0) is 8.27. The summed E-state index contributed by atoms with van der Waals surface area (Å²) < 4.78 is 6.52. The maximum Gasteiger partial charge on any atom is 0.135 e. The molecule has 0 unspecified atom stereocenters. The fraction of sp³-hybridized carbons (Fsp3) is 0.222. The SMILES string of the molecule is [CH2]c1cccc(I)c1OCC. The standard InChI is InChI=1S/C9H10IO/c1-3-11-9-7(2)5-4-6-8(9)10/h4-6H,2-3H2,1H3. The molecule has 0 bridgehead atoms. The Morgan fingerprint density at radius 2 is 2.27 bits per heavy atom. The van der Waals surface area contributed by atoms with Crippen LogP contribution in [0.4, 0.5) is 0 Å². The molecule has 11 heavy (non-hydrogen) atoms. The van der Waals surface area contributed by atoms with Crippen molar-refractivity contribution in [1.29, 1.82) is 0 Å². The van der Waals surface area contributed by atoms with Crippen molar-refractivity contribution in [3.05, 3.63) is 34.3 Å². The second-order valence-electron chi connectivity index (χ2n) is 2.16. The molecule has 1 radical (unpaired) electrons. The Bertz CT molecular complexity index is 225. The number of ether oxygens (including phenoxy) is 1. The normalized spacial score (nSPS) is 9.73. The van der Waals surface area contributed by atoms with E-state index in [1.165, 1.54) is 0 Å². The first-order chi connectivity index (χ1) is 5.25. The number of hydrogen-bond donors (Lipinski definition) is 0. The highest BCUT2D eigenvalue weighted by Gasteiger charge is 2.01. The van der Waals surface area contributed by atoms with Crippen LogP contribution in [0.2, 0.25) is 0 Å². The van der Waals surface area contributed by atoms with E-state index < -0.39 is 0 Å². The summed E-state index contributed by atoms with van der Waals surface area (Å²) in [6, 6.07) is 5.94. The summed E-state index contributed by atoms with van der Waals surface area (Å²) in [6.45, 7) is 6.54. The summed E-state index contributed by atoms with van der Waals surface area (Å²) in [7, 11) is 0. The van der Waals surface area contributed by atoms with Crippen LogP contribution in [0, 0.1) is 10.5 Å². The molecule has 1 aromatic rings. The van der Waals surface area contributed by atoms with E-state index in [0.717, 1.165) is 14.9 Å². The first-order valence-corrected chi connectivity index (χ1v) is 4.57. The Hall–Kier alpha value is -0.250. The largest absolute Gasteiger partial charge is 0.492 e. The smallest absolute Gasteiger partial charge is 0.135 e. The Labute approximate surface area is 80.9 Å². The van der Waals surface area contributed by atoms with E-state index in [0.29, 0.717) is 6.61 Å². The van der Waals surface area contributed by atoms with E-state index in [1.54, 1.807) is 0 Å². The molecule has 0 aliphatic heterocycles. The Morgan fingerprint density at radius 3 is 2.82 bits per heavy atom. The first-order valence-electron chi connectivity index (χ1n) is 3.49. The van der Waals surface area contributed by atoms with E-state index in [2.05, 4.69) is 29.5 Å². The topological polar surface area (TPSA) is 9.23 Å². The molecule has 0 N–H and O–H groups in total. The minimum Gasteiger partial charge on any atom is -0.492 e. The third-order valence-corrected chi connectivity index (χ3v) is 2.19. The Kier molecular flexibility index (Phi) is 3.17. The first kappa shape index (κ1) is 8.84. The van der Waals surface area contributed by atoms with Gasteiger partial charge in [-0.1, -0.05) is 12.1 Å². The van der Waals surface area contributed by atoms with Crippen LogP contribution < -0.4 is 4.74 Å². The van der Waals surface area contributed by atoms with Gasteiger partial charge in [0.25, 0.3) is 0 Å². The summed E-state index contributed by atoms with van der Waals surface area (Å²) in [4.78, 5) is 0. The van der Waals surface area contributed by atoms with Gasteiger partial charge in [-0.15, -0.1) is 0 Å². The zero-order valence-corrected chi connectivity index (χ0v) is 8.59. The average molecular weight is 261 g/mol. The third-order valence-electron chi connectivity index (χ3n) is 1.34. The molecule has 0 saturated heterocycles. The van der Waals surface area contributed by atoms with Crippen LogP contribution in [-0.2, 0) is 0 Å². The van der Waals surface area contributed by atoms with Crippen LogP contribution in [0.1, 0.15) is 12.5 Å². The molecular weight excluding hydrogens is 251 g/mol.